The molecule has 0 saturated carbocycles. The first-order valence-electron chi connectivity index (χ1n) is 9.18. The van der Waals surface area contributed by atoms with Crippen molar-refractivity contribution in [3.8, 4) is 11.3 Å². The van der Waals surface area contributed by atoms with Gasteiger partial charge in [-0.25, -0.2) is 4.98 Å². The van der Waals surface area contributed by atoms with Crippen LogP contribution in [0.2, 0.25) is 0 Å². The fraction of sp³-hybridized carbons (Fsp3) is 0.286. The first-order valence-corrected chi connectivity index (χ1v) is 9.18. The third-order valence-electron chi connectivity index (χ3n) is 4.49. The Labute approximate surface area is 163 Å². The Morgan fingerprint density at radius 3 is 2.57 bits per heavy atom. The molecule has 0 aliphatic rings. The van der Waals surface area contributed by atoms with E-state index < -0.39 is 5.91 Å². The van der Waals surface area contributed by atoms with Gasteiger partial charge in [-0.15, -0.1) is 0 Å². The van der Waals surface area contributed by atoms with Crippen LogP contribution in [-0.2, 0) is 4.84 Å². The number of primary amides is 1. The van der Waals surface area contributed by atoms with Gasteiger partial charge in [0.15, 0.2) is 11.6 Å². The van der Waals surface area contributed by atoms with Crippen LogP contribution >= 0.6 is 0 Å². The number of hydrogen-bond acceptors (Lipinski definition) is 4. The molecule has 7 nitrogen and oxygen atoms in total. The number of H-pyrrole nitrogens is 2. The number of nitrogens with zero attached hydrogens (tertiary/aromatic N) is 2. The minimum absolute atomic E-state index is 0.160. The summed E-state index contributed by atoms with van der Waals surface area (Å²) in [5, 5.41) is 5.13. The third kappa shape index (κ3) is 3.83. The van der Waals surface area contributed by atoms with Crippen LogP contribution in [0, 0.1) is 6.92 Å². The van der Waals surface area contributed by atoms with Gasteiger partial charge in [0.1, 0.15) is 0 Å². The SMILES string of the molecule is CCC(C)=C(ON=C(C)C)c1cc2cc(-c3nc(C(N)=O)[nH]c3C)ccc2[nH]1. The number of amides is 1. The normalized spacial score (nSPS) is 12.0. The lowest BCUT2D eigenvalue weighted by atomic mass is 10.1. The Hall–Kier alpha value is -3.35. The molecular formula is C21H25N5O2. The second-order valence-corrected chi connectivity index (χ2v) is 7.00. The van der Waals surface area contributed by atoms with E-state index in [0.29, 0.717) is 5.69 Å². The summed E-state index contributed by atoms with van der Waals surface area (Å²) in [7, 11) is 0. The van der Waals surface area contributed by atoms with Crippen molar-refractivity contribution >= 4 is 28.3 Å². The van der Waals surface area contributed by atoms with Gasteiger partial charge in [0, 0.05) is 22.2 Å². The molecule has 28 heavy (non-hydrogen) atoms. The number of nitrogens with one attached hydrogen (secondary N) is 2. The van der Waals surface area contributed by atoms with E-state index in [0.717, 1.165) is 51.3 Å². The number of imidazole rings is 1. The van der Waals surface area contributed by atoms with E-state index in [1.807, 2.05) is 52.0 Å². The maximum absolute atomic E-state index is 11.4. The number of benzene rings is 1. The lowest BCUT2D eigenvalue weighted by Gasteiger charge is -2.07. The van der Waals surface area contributed by atoms with Gasteiger partial charge in [-0.05, 0) is 57.9 Å². The molecular weight excluding hydrogens is 354 g/mol. The number of nitrogens with two attached hydrogens (primary N) is 1. The molecule has 146 valence electrons. The first kappa shape index (κ1) is 19.4. The number of aromatic nitrogens is 3. The Balaban J connectivity index is 2.05. The van der Waals surface area contributed by atoms with Crippen molar-refractivity contribution in [3.05, 3.63) is 47.1 Å². The van der Waals surface area contributed by atoms with Crippen molar-refractivity contribution in [1.82, 2.24) is 15.0 Å². The summed E-state index contributed by atoms with van der Waals surface area (Å²) in [6.45, 7) is 9.77. The maximum Gasteiger partial charge on any atom is 0.284 e. The highest BCUT2D eigenvalue weighted by Gasteiger charge is 2.15. The minimum atomic E-state index is -0.576. The van der Waals surface area contributed by atoms with E-state index in [1.165, 1.54) is 0 Å². The lowest BCUT2D eigenvalue weighted by molar-refractivity contribution is 0.0991. The second-order valence-electron chi connectivity index (χ2n) is 7.00. The standard InChI is InChI=1S/C21H25N5O2/c1-6-12(4)19(28-26-11(2)3)17-10-15-9-14(7-8-16(15)24-17)18-13(5)23-21(25-18)20(22)27/h7-10,24H,6H2,1-5H3,(H2,22,27)(H,23,25). The monoisotopic (exact) mass is 379 g/mol. The molecule has 3 rings (SSSR count). The second kappa shape index (κ2) is 7.72. The van der Waals surface area contributed by atoms with Crippen LogP contribution in [0.4, 0.5) is 0 Å². The first-order chi connectivity index (χ1) is 13.3. The van der Waals surface area contributed by atoms with Crippen molar-refractivity contribution in [1.29, 1.82) is 0 Å². The van der Waals surface area contributed by atoms with Crippen molar-refractivity contribution in [2.24, 2.45) is 10.9 Å². The summed E-state index contributed by atoms with van der Waals surface area (Å²) < 4.78 is 0. The van der Waals surface area contributed by atoms with Gasteiger partial charge in [-0.3, -0.25) is 4.79 Å². The molecule has 0 atom stereocenters. The molecule has 2 aromatic heterocycles. The van der Waals surface area contributed by atoms with Crippen molar-refractivity contribution < 1.29 is 9.63 Å². The molecule has 7 heteroatoms. The lowest BCUT2D eigenvalue weighted by Crippen LogP contribution is -2.12. The molecule has 0 radical (unpaired) electrons. The van der Waals surface area contributed by atoms with Gasteiger partial charge in [0.05, 0.1) is 17.1 Å². The molecule has 2 heterocycles. The number of oxime groups is 1. The zero-order valence-electron chi connectivity index (χ0n) is 16.8. The van der Waals surface area contributed by atoms with Gasteiger partial charge < -0.3 is 20.5 Å². The molecule has 0 aliphatic heterocycles. The summed E-state index contributed by atoms with van der Waals surface area (Å²) in [5.41, 5.74) is 11.5. The fourth-order valence-corrected chi connectivity index (χ4v) is 2.91. The number of carbonyl (C=O) groups is 1. The molecule has 0 unspecified atom stereocenters. The summed E-state index contributed by atoms with van der Waals surface area (Å²) >= 11 is 0. The predicted molar refractivity (Wildman–Crippen MR) is 112 cm³/mol. The van der Waals surface area contributed by atoms with Gasteiger partial charge in [0.25, 0.3) is 5.91 Å². The summed E-state index contributed by atoms with van der Waals surface area (Å²) in [6, 6.07) is 8.00. The number of rotatable bonds is 6. The summed E-state index contributed by atoms with van der Waals surface area (Å²) in [5.74, 6) is 0.314. The van der Waals surface area contributed by atoms with Crippen LogP contribution in [0.5, 0.6) is 0 Å². The smallest absolute Gasteiger partial charge is 0.284 e. The number of hydrogen-bond donors (Lipinski definition) is 3. The number of aromatic amines is 2. The largest absolute Gasteiger partial charge is 0.363 e. The average molecular weight is 379 g/mol. The van der Waals surface area contributed by atoms with Gasteiger partial charge in [-0.1, -0.05) is 18.1 Å². The molecule has 4 N–H and O–H groups in total. The molecule has 0 aliphatic carbocycles. The van der Waals surface area contributed by atoms with E-state index in [1.54, 1.807) is 0 Å². The fourth-order valence-electron chi connectivity index (χ4n) is 2.91. The molecule has 1 amide bonds. The Morgan fingerprint density at radius 2 is 1.96 bits per heavy atom. The summed E-state index contributed by atoms with van der Waals surface area (Å²) in [4.78, 5) is 27.7. The number of carbonyl (C=O) groups excluding carboxylic acids is 1. The highest BCUT2D eigenvalue weighted by molar-refractivity contribution is 5.91. The van der Waals surface area contributed by atoms with Crippen molar-refractivity contribution in [2.45, 2.75) is 41.0 Å². The van der Waals surface area contributed by atoms with Crippen LogP contribution in [0.3, 0.4) is 0 Å². The number of fused-ring (bicyclic) bond motifs is 1. The average Bonchev–Trinajstić information content (AvgIpc) is 3.24. The minimum Gasteiger partial charge on any atom is -0.363 e. The molecule has 0 bridgehead atoms. The van der Waals surface area contributed by atoms with Gasteiger partial charge in [0.2, 0.25) is 0 Å². The topological polar surface area (TPSA) is 109 Å². The Morgan fingerprint density at radius 1 is 1.21 bits per heavy atom. The van der Waals surface area contributed by atoms with Crippen molar-refractivity contribution in [3.63, 3.8) is 0 Å². The summed E-state index contributed by atoms with van der Waals surface area (Å²) in [6.07, 6.45) is 0.858. The quantitative estimate of drug-likeness (QED) is 0.333. The molecule has 0 spiro atoms. The Kier molecular flexibility index (Phi) is 5.35. The van der Waals surface area contributed by atoms with E-state index in [4.69, 9.17) is 10.6 Å². The Bertz CT molecular complexity index is 1100. The number of allylic oxidation sites excluding steroid dienone is 1. The van der Waals surface area contributed by atoms with Crippen LogP contribution in [-0.4, -0.2) is 26.6 Å². The highest BCUT2D eigenvalue weighted by atomic mass is 16.6. The van der Waals surface area contributed by atoms with Crippen LogP contribution in [0.15, 0.2) is 35.0 Å². The van der Waals surface area contributed by atoms with Crippen LogP contribution in [0.25, 0.3) is 27.9 Å². The maximum atomic E-state index is 11.4. The molecule has 3 aromatic rings. The predicted octanol–water partition coefficient (Wildman–Crippen LogP) is 4.52. The van der Waals surface area contributed by atoms with Crippen molar-refractivity contribution in [2.75, 3.05) is 0 Å². The zero-order valence-corrected chi connectivity index (χ0v) is 16.8. The van der Waals surface area contributed by atoms with Crippen LogP contribution in [0.1, 0.15) is 56.1 Å². The van der Waals surface area contributed by atoms with Gasteiger partial charge >= 0.3 is 0 Å². The van der Waals surface area contributed by atoms with E-state index >= 15 is 0 Å². The van der Waals surface area contributed by atoms with Gasteiger partial charge in [-0.2, -0.15) is 0 Å². The zero-order chi connectivity index (χ0) is 20.4. The molecule has 0 saturated heterocycles. The van der Waals surface area contributed by atoms with E-state index in [-0.39, 0.29) is 5.82 Å². The molecule has 1 aromatic carbocycles. The highest BCUT2D eigenvalue weighted by Crippen LogP contribution is 2.29. The number of aryl methyl sites for hydroxylation is 1. The van der Waals surface area contributed by atoms with E-state index in [2.05, 4.69) is 27.0 Å². The third-order valence-corrected chi connectivity index (χ3v) is 4.49. The van der Waals surface area contributed by atoms with Crippen LogP contribution < -0.4 is 5.73 Å². The van der Waals surface area contributed by atoms with E-state index in [9.17, 15) is 4.79 Å². The molecule has 0 fully saturated rings.